The van der Waals surface area contributed by atoms with Crippen molar-refractivity contribution >= 4 is 0 Å². The standard InChI is InChI=1S/C14H25N3/c1-12-9-16(2)14(7-8-15)11-17(10-12)13-5-3-4-6-13/h12-14H,3-7,9-11H2,1-2H3. The van der Waals surface area contributed by atoms with Gasteiger partial charge in [-0.15, -0.1) is 0 Å². The van der Waals surface area contributed by atoms with Crippen LogP contribution < -0.4 is 0 Å². The fourth-order valence-electron chi connectivity index (χ4n) is 3.48. The quantitative estimate of drug-likeness (QED) is 0.734. The molecule has 1 saturated carbocycles. The van der Waals surface area contributed by atoms with Crippen LogP contribution in [0.4, 0.5) is 0 Å². The maximum atomic E-state index is 8.95. The summed E-state index contributed by atoms with van der Waals surface area (Å²) in [7, 11) is 2.18. The lowest BCUT2D eigenvalue weighted by Gasteiger charge is -2.31. The SMILES string of the molecule is CC1CN(C)C(CC#N)CN(C2CCCC2)C1. The molecule has 1 aliphatic carbocycles. The minimum absolute atomic E-state index is 0.436. The van der Waals surface area contributed by atoms with E-state index >= 15 is 0 Å². The molecule has 96 valence electrons. The molecular weight excluding hydrogens is 210 g/mol. The molecule has 0 amide bonds. The molecule has 2 aliphatic rings. The van der Waals surface area contributed by atoms with E-state index < -0.39 is 0 Å². The number of nitrogens with zero attached hydrogens (tertiary/aromatic N) is 3. The molecule has 2 unspecified atom stereocenters. The third-order valence-corrected chi connectivity index (χ3v) is 4.38. The first kappa shape index (κ1) is 12.9. The van der Waals surface area contributed by atoms with Crippen molar-refractivity contribution in [1.29, 1.82) is 5.26 Å². The molecule has 2 rings (SSSR count). The summed E-state index contributed by atoms with van der Waals surface area (Å²) in [4.78, 5) is 5.06. The third kappa shape index (κ3) is 3.20. The van der Waals surface area contributed by atoms with Crippen LogP contribution in [0.3, 0.4) is 0 Å². The van der Waals surface area contributed by atoms with E-state index in [1.54, 1.807) is 0 Å². The monoisotopic (exact) mass is 235 g/mol. The maximum Gasteiger partial charge on any atom is 0.0638 e. The van der Waals surface area contributed by atoms with Crippen LogP contribution in [0.5, 0.6) is 0 Å². The lowest BCUT2D eigenvalue weighted by atomic mass is 10.1. The molecule has 0 bridgehead atoms. The largest absolute Gasteiger partial charge is 0.301 e. The van der Waals surface area contributed by atoms with Crippen molar-refractivity contribution in [3.05, 3.63) is 0 Å². The highest BCUT2D eigenvalue weighted by Crippen LogP contribution is 2.26. The molecule has 0 N–H and O–H groups in total. The van der Waals surface area contributed by atoms with Crippen LogP contribution in [-0.2, 0) is 0 Å². The first-order valence-electron chi connectivity index (χ1n) is 7.02. The van der Waals surface area contributed by atoms with Gasteiger partial charge in [0.2, 0.25) is 0 Å². The zero-order valence-electron chi connectivity index (χ0n) is 11.2. The lowest BCUT2D eigenvalue weighted by Crippen LogP contribution is -2.42. The van der Waals surface area contributed by atoms with Crippen LogP contribution in [0.2, 0.25) is 0 Å². The van der Waals surface area contributed by atoms with E-state index in [2.05, 4.69) is 29.8 Å². The van der Waals surface area contributed by atoms with E-state index in [1.165, 1.54) is 32.2 Å². The zero-order valence-corrected chi connectivity index (χ0v) is 11.2. The Morgan fingerprint density at radius 2 is 1.88 bits per heavy atom. The second kappa shape index (κ2) is 5.84. The van der Waals surface area contributed by atoms with Gasteiger partial charge in [-0.2, -0.15) is 5.26 Å². The summed E-state index contributed by atoms with van der Waals surface area (Å²) in [5.41, 5.74) is 0. The van der Waals surface area contributed by atoms with Gasteiger partial charge in [-0.1, -0.05) is 19.8 Å². The molecular formula is C14H25N3. The number of rotatable bonds is 2. The Bertz CT molecular complexity index is 278. The molecule has 0 aromatic heterocycles. The number of hydrogen-bond donors (Lipinski definition) is 0. The third-order valence-electron chi connectivity index (χ3n) is 4.38. The fourth-order valence-corrected chi connectivity index (χ4v) is 3.48. The summed E-state index contributed by atoms with van der Waals surface area (Å²) in [6.45, 7) is 5.79. The Morgan fingerprint density at radius 3 is 2.53 bits per heavy atom. The van der Waals surface area contributed by atoms with Gasteiger partial charge in [0.1, 0.15) is 0 Å². The molecule has 2 atom stereocenters. The predicted molar refractivity (Wildman–Crippen MR) is 69.6 cm³/mol. The Kier molecular flexibility index (Phi) is 4.42. The van der Waals surface area contributed by atoms with Gasteiger partial charge >= 0.3 is 0 Å². The van der Waals surface area contributed by atoms with E-state index in [4.69, 9.17) is 5.26 Å². The van der Waals surface area contributed by atoms with Gasteiger partial charge in [-0.05, 0) is 25.8 Å². The van der Waals surface area contributed by atoms with Gasteiger partial charge in [-0.25, -0.2) is 0 Å². The lowest BCUT2D eigenvalue weighted by molar-refractivity contribution is 0.165. The van der Waals surface area contributed by atoms with Crippen molar-refractivity contribution in [3.63, 3.8) is 0 Å². The minimum Gasteiger partial charge on any atom is -0.301 e. The van der Waals surface area contributed by atoms with Crippen LogP contribution in [0.25, 0.3) is 0 Å². The van der Waals surface area contributed by atoms with E-state index in [-0.39, 0.29) is 0 Å². The molecule has 3 nitrogen and oxygen atoms in total. The molecule has 2 fully saturated rings. The van der Waals surface area contributed by atoms with Crippen LogP contribution in [0.1, 0.15) is 39.0 Å². The van der Waals surface area contributed by atoms with E-state index in [9.17, 15) is 0 Å². The van der Waals surface area contributed by atoms with Gasteiger partial charge in [0.15, 0.2) is 0 Å². The summed E-state index contributed by atoms with van der Waals surface area (Å²) in [6, 6.07) is 3.59. The first-order valence-corrected chi connectivity index (χ1v) is 7.02. The molecule has 0 radical (unpaired) electrons. The fraction of sp³-hybridized carbons (Fsp3) is 0.929. The highest BCUT2D eigenvalue weighted by atomic mass is 15.2. The molecule has 1 aliphatic heterocycles. The van der Waals surface area contributed by atoms with Crippen LogP contribution >= 0.6 is 0 Å². The van der Waals surface area contributed by atoms with E-state index in [0.29, 0.717) is 12.5 Å². The van der Waals surface area contributed by atoms with Gasteiger partial charge in [0.05, 0.1) is 12.5 Å². The van der Waals surface area contributed by atoms with Crippen LogP contribution in [-0.4, -0.2) is 48.6 Å². The van der Waals surface area contributed by atoms with Crippen molar-refractivity contribution in [2.45, 2.75) is 51.1 Å². The van der Waals surface area contributed by atoms with Crippen molar-refractivity contribution in [1.82, 2.24) is 9.80 Å². The van der Waals surface area contributed by atoms with Gasteiger partial charge in [0, 0.05) is 31.7 Å². The average Bonchev–Trinajstić information content (AvgIpc) is 2.76. The van der Waals surface area contributed by atoms with Gasteiger partial charge < -0.3 is 4.90 Å². The highest BCUT2D eigenvalue weighted by Gasteiger charge is 2.30. The summed E-state index contributed by atoms with van der Waals surface area (Å²) >= 11 is 0. The molecule has 17 heavy (non-hydrogen) atoms. The smallest absolute Gasteiger partial charge is 0.0638 e. The summed E-state index contributed by atoms with van der Waals surface area (Å²) in [6.07, 6.45) is 6.21. The maximum absolute atomic E-state index is 8.95. The molecule has 0 aromatic rings. The van der Waals surface area contributed by atoms with Gasteiger partial charge in [-0.3, -0.25) is 4.90 Å². The van der Waals surface area contributed by atoms with Crippen LogP contribution in [0, 0.1) is 17.2 Å². The molecule has 3 heteroatoms. The normalized spacial score (nSPS) is 33.5. The average molecular weight is 235 g/mol. The second-order valence-corrected chi connectivity index (χ2v) is 5.95. The number of nitriles is 1. The van der Waals surface area contributed by atoms with Crippen LogP contribution in [0.15, 0.2) is 0 Å². The molecule has 1 saturated heterocycles. The zero-order chi connectivity index (χ0) is 12.3. The summed E-state index contributed by atoms with van der Waals surface area (Å²) in [5.74, 6) is 0.726. The second-order valence-electron chi connectivity index (χ2n) is 5.95. The Morgan fingerprint density at radius 1 is 1.18 bits per heavy atom. The Balaban J connectivity index is 2.02. The number of hydrogen-bond acceptors (Lipinski definition) is 3. The van der Waals surface area contributed by atoms with Crippen molar-refractivity contribution in [2.24, 2.45) is 5.92 Å². The molecule has 1 heterocycles. The Hall–Kier alpha value is -0.590. The van der Waals surface area contributed by atoms with Crippen molar-refractivity contribution < 1.29 is 0 Å². The minimum atomic E-state index is 0.436. The topological polar surface area (TPSA) is 30.3 Å². The summed E-state index contributed by atoms with van der Waals surface area (Å²) < 4.78 is 0. The van der Waals surface area contributed by atoms with Gasteiger partial charge in [0.25, 0.3) is 0 Å². The Labute approximate surface area is 105 Å². The van der Waals surface area contributed by atoms with Crippen molar-refractivity contribution in [3.8, 4) is 6.07 Å². The van der Waals surface area contributed by atoms with Crippen molar-refractivity contribution in [2.75, 3.05) is 26.7 Å². The van der Waals surface area contributed by atoms with E-state index in [0.717, 1.165) is 25.0 Å². The number of likely N-dealkylation sites (N-methyl/N-ethyl adjacent to an activating group) is 1. The first-order chi connectivity index (χ1) is 8.20. The highest BCUT2D eigenvalue weighted by molar-refractivity contribution is 4.90. The molecule has 0 spiro atoms. The molecule has 0 aromatic carbocycles. The summed E-state index contributed by atoms with van der Waals surface area (Å²) in [5, 5.41) is 8.95. The van der Waals surface area contributed by atoms with E-state index in [1.807, 2.05) is 0 Å². The predicted octanol–water partition coefficient (Wildman–Crippen LogP) is 2.09.